The van der Waals surface area contributed by atoms with Crippen molar-refractivity contribution < 1.29 is 18.7 Å². The van der Waals surface area contributed by atoms with Crippen LogP contribution in [0.25, 0.3) is 0 Å². The largest absolute Gasteiger partial charge is 0.475 e. The Balaban J connectivity index is 2.12. The van der Waals surface area contributed by atoms with E-state index in [-0.39, 0.29) is 11.6 Å². The van der Waals surface area contributed by atoms with Crippen LogP contribution in [0.2, 0.25) is 0 Å². The topological polar surface area (TPSA) is 62.5 Å². The van der Waals surface area contributed by atoms with Gasteiger partial charge in [-0.1, -0.05) is 0 Å². The molecule has 6 heteroatoms. The minimum absolute atomic E-state index is 0.0903. The van der Waals surface area contributed by atoms with Gasteiger partial charge in [-0.15, -0.1) is 0 Å². The Labute approximate surface area is 117 Å². The Morgan fingerprint density at radius 2 is 2.21 bits per heavy atom. The number of hydrogen-bond donors (Lipinski definition) is 2. The maximum Gasteiger partial charge on any atom is 0.371 e. The zero-order chi connectivity index (χ0) is 14.0. The highest BCUT2D eigenvalue weighted by molar-refractivity contribution is 9.10. The molecule has 0 radical (unpaired) electrons. The van der Waals surface area contributed by atoms with Crippen LogP contribution in [-0.4, -0.2) is 11.1 Å². The van der Waals surface area contributed by atoms with Crippen LogP contribution in [0.15, 0.2) is 33.2 Å². The fourth-order valence-corrected chi connectivity index (χ4v) is 2.12. The van der Waals surface area contributed by atoms with Crippen LogP contribution >= 0.6 is 15.9 Å². The van der Waals surface area contributed by atoms with Gasteiger partial charge in [0.15, 0.2) is 0 Å². The summed E-state index contributed by atoms with van der Waals surface area (Å²) < 4.78 is 18.6. The summed E-state index contributed by atoms with van der Waals surface area (Å²) in [4.78, 5) is 10.8. The number of halogens is 2. The highest BCUT2D eigenvalue weighted by atomic mass is 79.9. The summed E-state index contributed by atoms with van der Waals surface area (Å²) in [7, 11) is 0. The number of carboxylic acid groups (broad SMARTS) is 1. The molecule has 0 aliphatic rings. The van der Waals surface area contributed by atoms with Crippen molar-refractivity contribution >= 4 is 27.6 Å². The first-order chi connectivity index (χ1) is 8.97. The van der Waals surface area contributed by atoms with Gasteiger partial charge in [-0.2, -0.15) is 0 Å². The highest BCUT2D eigenvalue weighted by Gasteiger charge is 2.13. The predicted octanol–water partition coefficient (Wildman–Crippen LogP) is 3.80. The molecule has 0 aliphatic carbocycles. The van der Waals surface area contributed by atoms with Crippen LogP contribution in [0.1, 0.15) is 21.9 Å². The maximum absolute atomic E-state index is 12.9. The molecular weight excluding hydrogens is 317 g/mol. The molecule has 0 spiro atoms. The fraction of sp³-hybridized carbons (Fsp3) is 0.154. The minimum atomic E-state index is -1.10. The van der Waals surface area contributed by atoms with Crippen molar-refractivity contribution in [2.75, 3.05) is 5.32 Å². The number of hydrogen-bond acceptors (Lipinski definition) is 3. The third kappa shape index (κ3) is 3.14. The molecule has 0 bridgehead atoms. The lowest BCUT2D eigenvalue weighted by molar-refractivity contribution is 0.0661. The summed E-state index contributed by atoms with van der Waals surface area (Å²) in [5.74, 6) is -0.974. The number of furan rings is 1. The van der Waals surface area contributed by atoms with Crippen LogP contribution in [0.5, 0.6) is 0 Å². The van der Waals surface area contributed by atoms with Crippen LogP contribution in [-0.2, 0) is 6.54 Å². The Bertz CT molecular complexity index is 624. The van der Waals surface area contributed by atoms with Gasteiger partial charge in [0, 0.05) is 22.3 Å². The van der Waals surface area contributed by atoms with Gasteiger partial charge in [0.25, 0.3) is 0 Å². The molecule has 0 aliphatic heterocycles. The molecule has 1 heterocycles. The maximum atomic E-state index is 12.9. The lowest BCUT2D eigenvalue weighted by Gasteiger charge is -2.07. The van der Waals surface area contributed by atoms with Crippen LogP contribution < -0.4 is 5.32 Å². The van der Waals surface area contributed by atoms with Crippen molar-refractivity contribution in [1.29, 1.82) is 0 Å². The Morgan fingerprint density at radius 3 is 2.79 bits per heavy atom. The molecule has 0 amide bonds. The molecule has 0 atom stereocenters. The fourth-order valence-electron chi connectivity index (χ4n) is 1.62. The van der Waals surface area contributed by atoms with Crippen LogP contribution in [0.3, 0.4) is 0 Å². The summed E-state index contributed by atoms with van der Waals surface area (Å²) in [6.07, 6.45) is 0. The molecule has 0 saturated carbocycles. The van der Waals surface area contributed by atoms with E-state index in [1.165, 1.54) is 18.2 Å². The number of aryl methyl sites for hydroxylation is 1. The quantitative estimate of drug-likeness (QED) is 0.896. The number of carbonyl (C=O) groups is 1. The van der Waals surface area contributed by atoms with Gasteiger partial charge in [0.2, 0.25) is 5.76 Å². The molecule has 0 fully saturated rings. The molecule has 0 unspecified atom stereocenters. The van der Waals surface area contributed by atoms with E-state index in [0.29, 0.717) is 16.8 Å². The number of carboxylic acids is 1. The first-order valence-electron chi connectivity index (χ1n) is 5.49. The summed E-state index contributed by atoms with van der Waals surface area (Å²) in [5.41, 5.74) is 1.47. The van der Waals surface area contributed by atoms with Crippen molar-refractivity contribution in [3.63, 3.8) is 0 Å². The molecule has 0 saturated heterocycles. The number of aromatic carboxylic acids is 1. The van der Waals surface area contributed by atoms with E-state index in [4.69, 9.17) is 9.52 Å². The van der Waals surface area contributed by atoms with Crippen molar-refractivity contribution in [2.45, 2.75) is 13.5 Å². The lowest BCUT2D eigenvalue weighted by atomic mass is 10.2. The molecular formula is C13H11BrFNO3. The van der Waals surface area contributed by atoms with E-state index in [9.17, 15) is 9.18 Å². The second-order valence-corrected chi connectivity index (χ2v) is 4.83. The number of benzene rings is 1. The van der Waals surface area contributed by atoms with E-state index in [0.717, 1.165) is 11.3 Å². The second kappa shape index (κ2) is 5.44. The van der Waals surface area contributed by atoms with Crippen LogP contribution in [0.4, 0.5) is 10.1 Å². The molecule has 2 N–H and O–H groups in total. The molecule has 4 nitrogen and oxygen atoms in total. The van der Waals surface area contributed by atoms with E-state index < -0.39 is 5.97 Å². The summed E-state index contributed by atoms with van der Waals surface area (Å²) in [6.45, 7) is 2.09. The molecule has 100 valence electrons. The standard InChI is InChI=1S/C13H11BrFNO3/c1-7-8(4-12(19-7)13(17)18)6-16-11-3-2-9(15)5-10(11)14/h2-5,16H,6H2,1H3,(H,17,18). The Kier molecular flexibility index (Phi) is 3.90. The van der Waals surface area contributed by atoms with Gasteiger partial charge in [-0.25, -0.2) is 9.18 Å². The first kappa shape index (κ1) is 13.6. The van der Waals surface area contributed by atoms with Crippen molar-refractivity contribution in [2.24, 2.45) is 0 Å². The molecule has 1 aromatic heterocycles. The van der Waals surface area contributed by atoms with Crippen molar-refractivity contribution in [3.05, 3.63) is 51.6 Å². The smallest absolute Gasteiger partial charge is 0.371 e. The van der Waals surface area contributed by atoms with Crippen molar-refractivity contribution in [3.8, 4) is 0 Å². The van der Waals surface area contributed by atoms with Crippen LogP contribution in [0, 0.1) is 12.7 Å². The third-order valence-electron chi connectivity index (χ3n) is 2.63. The summed E-state index contributed by atoms with van der Waals surface area (Å²) in [6, 6.07) is 5.78. The van der Waals surface area contributed by atoms with Gasteiger partial charge in [-0.05, 0) is 47.1 Å². The van der Waals surface area contributed by atoms with Gasteiger partial charge < -0.3 is 14.8 Å². The van der Waals surface area contributed by atoms with E-state index in [2.05, 4.69) is 21.2 Å². The van der Waals surface area contributed by atoms with E-state index in [1.54, 1.807) is 13.0 Å². The van der Waals surface area contributed by atoms with Gasteiger partial charge in [0.05, 0.1) is 0 Å². The Morgan fingerprint density at radius 1 is 1.47 bits per heavy atom. The molecule has 2 aromatic rings. The normalized spacial score (nSPS) is 10.5. The molecule has 1 aromatic carbocycles. The zero-order valence-electron chi connectivity index (χ0n) is 10.0. The van der Waals surface area contributed by atoms with Gasteiger partial charge >= 0.3 is 5.97 Å². The van der Waals surface area contributed by atoms with E-state index >= 15 is 0 Å². The minimum Gasteiger partial charge on any atom is -0.475 e. The number of anilines is 1. The molecule has 19 heavy (non-hydrogen) atoms. The monoisotopic (exact) mass is 327 g/mol. The van der Waals surface area contributed by atoms with E-state index in [1.807, 2.05) is 0 Å². The highest BCUT2D eigenvalue weighted by Crippen LogP contribution is 2.24. The predicted molar refractivity (Wildman–Crippen MR) is 71.8 cm³/mol. The Hall–Kier alpha value is -1.82. The molecule has 2 rings (SSSR count). The van der Waals surface area contributed by atoms with Gasteiger partial charge in [-0.3, -0.25) is 0 Å². The lowest BCUT2D eigenvalue weighted by Crippen LogP contribution is -2.00. The average Bonchev–Trinajstić information content (AvgIpc) is 2.70. The van der Waals surface area contributed by atoms with Gasteiger partial charge in [0.1, 0.15) is 11.6 Å². The summed E-state index contributed by atoms with van der Waals surface area (Å²) in [5, 5.41) is 11.9. The average molecular weight is 328 g/mol. The van der Waals surface area contributed by atoms with Crippen molar-refractivity contribution in [1.82, 2.24) is 0 Å². The zero-order valence-corrected chi connectivity index (χ0v) is 11.6. The number of rotatable bonds is 4. The third-order valence-corrected chi connectivity index (χ3v) is 3.29. The first-order valence-corrected chi connectivity index (χ1v) is 6.28. The SMILES string of the molecule is Cc1oc(C(=O)O)cc1CNc1ccc(F)cc1Br. The number of nitrogens with one attached hydrogen (secondary N) is 1. The second-order valence-electron chi connectivity index (χ2n) is 3.97. The summed E-state index contributed by atoms with van der Waals surface area (Å²) >= 11 is 3.25.